The fourth-order valence-electron chi connectivity index (χ4n) is 2.36. The molecule has 7 heteroatoms. The molecule has 24 heavy (non-hydrogen) atoms. The number of ether oxygens (including phenoxy) is 1. The van der Waals surface area contributed by atoms with E-state index < -0.39 is 0 Å². The minimum absolute atomic E-state index is 0.580. The van der Waals surface area contributed by atoms with Crippen LogP contribution in [0, 0.1) is 6.92 Å². The summed E-state index contributed by atoms with van der Waals surface area (Å²) in [6, 6.07) is 13.5. The standard InChI is InChI=1S/C17H17ClN4OS/c1-11-6-7-15(23-2)13(8-11)10-24-17-21-20-16(22(17)19)12-4-3-5-14(18)9-12/h3-9H,10,19H2,1-2H3. The molecule has 3 aromatic rings. The van der Waals surface area contributed by atoms with Gasteiger partial charge in [0.25, 0.3) is 0 Å². The Morgan fingerprint density at radius 2 is 2.04 bits per heavy atom. The van der Waals surface area contributed by atoms with Crippen LogP contribution in [-0.2, 0) is 5.75 Å². The molecule has 0 fully saturated rings. The van der Waals surface area contributed by atoms with E-state index >= 15 is 0 Å². The van der Waals surface area contributed by atoms with Crippen LogP contribution >= 0.6 is 23.4 Å². The van der Waals surface area contributed by atoms with Gasteiger partial charge in [0.2, 0.25) is 5.16 Å². The Morgan fingerprint density at radius 3 is 2.79 bits per heavy atom. The second-order valence-corrected chi connectivity index (χ2v) is 6.67. The van der Waals surface area contributed by atoms with Crippen LogP contribution in [0.25, 0.3) is 11.4 Å². The van der Waals surface area contributed by atoms with Crippen LogP contribution in [0.2, 0.25) is 5.02 Å². The number of halogens is 1. The molecule has 2 N–H and O–H groups in total. The summed E-state index contributed by atoms with van der Waals surface area (Å²) in [7, 11) is 1.67. The van der Waals surface area contributed by atoms with E-state index in [1.165, 1.54) is 22.0 Å². The molecule has 2 aromatic carbocycles. The number of nitrogens with zero attached hydrogens (tertiary/aromatic N) is 3. The lowest BCUT2D eigenvalue weighted by Gasteiger charge is -2.09. The highest BCUT2D eigenvalue weighted by atomic mass is 35.5. The first kappa shape index (κ1) is 16.7. The summed E-state index contributed by atoms with van der Waals surface area (Å²) in [5.74, 6) is 8.27. The molecule has 0 atom stereocenters. The van der Waals surface area contributed by atoms with Crippen LogP contribution in [-0.4, -0.2) is 22.0 Å². The Balaban J connectivity index is 1.81. The summed E-state index contributed by atoms with van der Waals surface area (Å²) in [6.45, 7) is 2.05. The van der Waals surface area contributed by atoms with Crippen molar-refractivity contribution in [1.82, 2.24) is 14.9 Å². The fraction of sp³-hybridized carbons (Fsp3) is 0.176. The number of nitrogens with two attached hydrogens (primary N) is 1. The lowest BCUT2D eigenvalue weighted by Crippen LogP contribution is -2.11. The number of thioether (sulfide) groups is 1. The van der Waals surface area contributed by atoms with E-state index in [1.807, 2.05) is 36.4 Å². The molecule has 0 unspecified atom stereocenters. The molecule has 3 rings (SSSR count). The summed E-state index contributed by atoms with van der Waals surface area (Å²) < 4.78 is 6.89. The van der Waals surface area contributed by atoms with Gasteiger partial charge in [0.1, 0.15) is 5.75 Å². The number of aryl methyl sites for hydroxylation is 1. The quantitative estimate of drug-likeness (QED) is 0.551. The molecule has 0 saturated carbocycles. The van der Waals surface area contributed by atoms with E-state index in [4.69, 9.17) is 22.2 Å². The van der Waals surface area contributed by atoms with Gasteiger partial charge in [-0.15, -0.1) is 10.2 Å². The zero-order chi connectivity index (χ0) is 17.1. The Hall–Kier alpha value is -2.18. The SMILES string of the molecule is COc1ccc(C)cc1CSc1nnc(-c2cccc(Cl)c2)n1N. The minimum atomic E-state index is 0.580. The van der Waals surface area contributed by atoms with Gasteiger partial charge in [-0.25, -0.2) is 4.68 Å². The van der Waals surface area contributed by atoms with Crippen molar-refractivity contribution in [3.8, 4) is 17.1 Å². The number of hydrogen-bond acceptors (Lipinski definition) is 5. The number of hydrogen-bond donors (Lipinski definition) is 1. The third-order valence-corrected chi connectivity index (χ3v) is 4.77. The largest absolute Gasteiger partial charge is 0.496 e. The van der Waals surface area contributed by atoms with Crippen LogP contribution in [0.3, 0.4) is 0 Å². The first-order chi connectivity index (χ1) is 11.6. The van der Waals surface area contributed by atoms with Crippen molar-refractivity contribution in [2.24, 2.45) is 0 Å². The highest BCUT2D eigenvalue weighted by molar-refractivity contribution is 7.98. The van der Waals surface area contributed by atoms with Crippen molar-refractivity contribution in [3.05, 3.63) is 58.6 Å². The van der Waals surface area contributed by atoms with Gasteiger partial charge in [0, 0.05) is 21.9 Å². The van der Waals surface area contributed by atoms with Crippen molar-refractivity contribution >= 4 is 23.4 Å². The summed E-state index contributed by atoms with van der Waals surface area (Å²) in [6.07, 6.45) is 0. The minimum Gasteiger partial charge on any atom is -0.496 e. The predicted molar refractivity (Wildman–Crippen MR) is 97.9 cm³/mol. The average Bonchev–Trinajstić information content (AvgIpc) is 2.94. The van der Waals surface area contributed by atoms with Gasteiger partial charge < -0.3 is 10.6 Å². The molecule has 0 saturated heterocycles. The van der Waals surface area contributed by atoms with Crippen LogP contribution in [0.1, 0.15) is 11.1 Å². The fourth-order valence-corrected chi connectivity index (χ4v) is 3.39. The predicted octanol–water partition coefficient (Wildman–Crippen LogP) is 3.92. The number of aromatic nitrogens is 3. The molecule has 1 aromatic heterocycles. The first-order valence-electron chi connectivity index (χ1n) is 7.31. The van der Waals surface area contributed by atoms with Crippen LogP contribution in [0.5, 0.6) is 5.75 Å². The summed E-state index contributed by atoms with van der Waals surface area (Å²) in [5.41, 5.74) is 3.10. The molecule has 0 radical (unpaired) electrons. The summed E-state index contributed by atoms with van der Waals surface area (Å²) >= 11 is 7.54. The average molecular weight is 361 g/mol. The molecule has 0 amide bonds. The topological polar surface area (TPSA) is 66.0 Å². The van der Waals surface area contributed by atoms with Crippen molar-refractivity contribution in [1.29, 1.82) is 0 Å². The maximum atomic E-state index is 6.15. The van der Waals surface area contributed by atoms with Gasteiger partial charge in [-0.3, -0.25) is 0 Å². The van der Waals surface area contributed by atoms with E-state index in [-0.39, 0.29) is 0 Å². The molecule has 124 valence electrons. The van der Waals surface area contributed by atoms with Crippen molar-refractivity contribution in [3.63, 3.8) is 0 Å². The molecule has 0 bridgehead atoms. The highest BCUT2D eigenvalue weighted by Gasteiger charge is 2.13. The van der Waals surface area contributed by atoms with E-state index in [9.17, 15) is 0 Å². The molecule has 0 aliphatic rings. The number of nitrogen functional groups attached to an aromatic ring is 1. The molecule has 0 aliphatic heterocycles. The second-order valence-electron chi connectivity index (χ2n) is 5.29. The van der Waals surface area contributed by atoms with Crippen molar-refractivity contribution < 1.29 is 4.74 Å². The highest BCUT2D eigenvalue weighted by Crippen LogP contribution is 2.29. The van der Waals surface area contributed by atoms with Gasteiger partial charge in [-0.05, 0) is 25.1 Å². The lowest BCUT2D eigenvalue weighted by atomic mass is 10.1. The monoisotopic (exact) mass is 360 g/mol. The third kappa shape index (κ3) is 3.49. The van der Waals surface area contributed by atoms with Crippen LogP contribution < -0.4 is 10.6 Å². The maximum Gasteiger partial charge on any atom is 0.210 e. The van der Waals surface area contributed by atoms with Gasteiger partial charge in [-0.1, -0.05) is 53.2 Å². The Bertz CT molecular complexity index is 866. The Morgan fingerprint density at radius 1 is 1.21 bits per heavy atom. The number of methoxy groups -OCH3 is 1. The van der Waals surface area contributed by atoms with Gasteiger partial charge in [-0.2, -0.15) is 0 Å². The zero-order valence-electron chi connectivity index (χ0n) is 13.4. The zero-order valence-corrected chi connectivity index (χ0v) is 14.9. The second kappa shape index (κ2) is 7.15. The van der Waals surface area contributed by atoms with Crippen molar-refractivity contribution in [2.45, 2.75) is 17.8 Å². The molecule has 5 nitrogen and oxygen atoms in total. The molecular weight excluding hydrogens is 344 g/mol. The third-order valence-electron chi connectivity index (χ3n) is 3.54. The summed E-state index contributed by atoms with van der Waals surface area (Å²) in [4.78, 5) is 0. The van der Waals surface area contributed by atoms with E-state index in [0.717, 1.165) is 16.9 Å². The van der Waals surface area contributed by atoms with Gasteiger partial charge in [0.15, 0.2) is 5.82 Å². The van der Waals surface area contributed by atoms with E-state index in [1.54, 1.807) is 7.11 Å². The first-order valence-corrected chi connectivity index (χ1v) is 8.67. The lowest BCUT2D eigenvalue weighted by molar-refractivity contribution is 0.411. The number of benzene rings is 2. The maximum absolute atomic E-state index is 6.15. The van der Waals surface area contributed by atoms with Crippen molar-refractivity contribution in [2.75, 3.05) is 13.0 Å². The van der Waals surface area contributed by atoms with Crippen LogP contribution in [0.15, 0.2) is 47.6 Å². The van der Waals surface area contributed by atoms with Gasteiger partial charge in [0.05, 0.1) is 7.11 Å². The Labute approximate surface area is 149 Å². The van der Waals surface area contributed by atoms with E-state index in [2.05, 4.69) is 23.2 Å². The molecule has 0 aliphatic carbocycles. The molecule has 0 spiro atoms. The van der Waals surface area contributed by atoms with Crippen LogP contribution in [0.4, 0.5) is 0 Å². The molecular formula is C17H17ClN4OS. The van der Waals surface area contributed by atoms with Gasteiger partial charge >= 0.3 is 0 Å². The number of rotatable bonds is 5. The summed E-state index contributed by atoms with van der Waals surface area (Å²) in [5, 5.41) is 9.62. The normalized spacial score (nSPS) is 10.8. The molecule has 1 heterocycles. The Kier molecular flexibility index (Phi) is 4.97. The van der Waals surface area contributed by atoms with E-state index in [0.29, 0.717) is 21.8 Å². The smallest absolute Gasteiger partial charge is 0.210 e.